The molecule has 1 aliphatic carbocycles. The van der Waals surface area contributed by atoms with Crippen molar-refractivity contribution >= 4 is 6.09 Å². The Bertz CT molecular complexity index is 219. The number of rotatable bonds is 0. The quantitative estimate of drug-likeness (QED) is 0.624. The minimum atomic E-state index is -0.845. The van der Waals surface area contributed by atoms with Gasteiger partial charge in [0.25, 0.3) is 0 Å². The molecule has 0 spiro atoms. The maximum atomic E-state index is 10.9. The van der Waals surface area contributed by atoms with Crippen molar-refractivity contribution in [1.29, 1.82) is 0 Å². The molecular weight excluding hydrogens is 170 g/mol. The molecule has 1 saturated carbocycles. The maximum absolute atomic E-state index is 10.9. The molecule has 0 radical (unpaired) electrons. The zero-order valence-electron chi connectivity index (χ0n) is 7.77. The van der Waals surface area contributed by atoms with Gasteiger partial charge in [-0.1, -0.05) is 12.8 Å². The average Bonchev–Trinajstić information content (AvgIpc) is 2.39. The number of ether oxygens (including phenoxy) is 1. The fourth-order valence-electron chi connectivity index (χ4n) is 2.44. The fourth-order valence-corrected chi connectivity index (χ4v) is 2.44. The minimum absolute atomic E-state index is 0.112. The van der Waals surface area contributed by atoms with Crippen molar-refractivity contribution in [1.82, 2.24) is 4.90 Å². The summed E-state index contributed by atoms with van der Waals surface area (Å²) in [5, 5.41) is 8.97. The standard InChI is InChI=1S/C9H15NO3/c1-6-10(9(11)12)7-4-2-3-5-8(7)13-6/h6-8H,2-5H2,1H3,(H,11,12)/t6-,7+,8+/m1/s1. The molecule has 1 aliphatic heterocycles. The number of nitrogens with zero attached hydrogens (tertiary/aromatic N) is 1. The van der Waals surface area contributed by atoms with Crippen molar-refractivity contribution < 1.29 is 14.6 Å². The van der Waals surface area contributed by atoms with Crippen LogP contribution in [0.3, 0.4) is 0 Å². The van der Waals surface area contributed by atoms with Crippen LogP contribution in [0.1, 0.15) is 32.6 Å². The second-order valence-corrected chi connectivity index (χ2v) is 3.82. The molecule has 0 aromatic heterocycles. The third kappa shape index (κ3) is 1.39. The van der Waals surface area contributed by atoms with Crippen LogP contribution in [0, 0.1) is 0 Å². The van der Waals surface area contributed by atoms with E-state index in [9.17, 15) is 4.79 Å². The van der Waals surface area contributed by atoms with Gasteiger partial charge in [0.05, 0.1) is 12.1 Å². The molecule has 3 atom stereocenters. The van der Waals surface area contributed by atoms with Gasteiger partial charge in [0.15, 0.2) is 0 Å². The van der Waals surface area contributed by atoms with Crippen LogP contribution in [0.5, 0.6) is 0 Å². The predicted molar refractivity (Wildman–Crippen MR) is 46.5 cm³/mol. The number of hydrogen-bond donors (Lipinski definition) is 1. The molecule has 2 fully saturated rings. The molecule has 0 aromatic rings. The van der Waals surface area contributed by atoms with E-state index in [0.29, 0.717) is 0 Å². The van der Waals surface area contributed by atoms with Crippen LogP contribution in [-0.4, -0.2) is 34.5 Å². The molecule has 1 N–H and O–H groups in total. The number of carboxylic acid groups (broad SMARTS) is 1. The summed E-state index contributed by atoms with van der Waals surface area (Å²) >= 11 is 0. The lowest BCUT2D eigenvalue weighted by molar-refractivity contribution is 0.0132. The highest BCUT2D eigenvalue weighted by Gasteiger charge is 2.43. The molecule has 13 heavy (non-hydrogen) atoms. The van der Waals surface area contributed by atoms with Crippen molar-refractivity contribution in [3.63, 3.8) is 0 Å². The van der Waals surface area contributed by atoms with Gasteiger partial charge < -0.3 is 9.84 Å². The normalized spacial score (nSPS) is 38.8. The minimum Gasteiger partial charge on any atom is -0.465 e. The third-order valence-electron chi connectivity index (χ3n) is 3.01. The number of amides is 1. The van der Waals surface area contributed by atoms with Gasteiger partial charge in [-0.05, 0) is 19.8 Å². The summed E-state index contributed by atoms with van der Waals surface area (Å²) in [5.74, 6) is 0. The van der Waals surface area contributed by atoms with Gasteiger partial charge in [0, 0.05) is 0 Å². The molecule has 0 aromatic carbocycles. The topological polar surface area (TPSA) is 49.8 Å². The molecule has 0 unspecified atom stereocenters. The Morgan fingerprint density at radius 3 is 2.85 bits per heavy atom. The zero-order chi connectivity index (χ0) is 9.42. The largest absolute Gasteiger partial charge is 0.465 e. The first-order valence-corrected chi connectivity index (χ1v) is 4.87. The van der Waals surface area contributed by atoms with E-state index < -0.39 is 6.09 Å². The summed E-state index contributed by atoms with van der Waals surface area (Å²) in [4.78, 5) is 12.4. The van der Waals surface area contributed by atoms with E-state index in [2.05, 4.69) is 0 Å². The number of fused-ring (bicyclic) bond motifs is 1. The van der Waals surface area contributed by atoms with Crippen molar-refractivity contribution in [3.8, 4) is 0 Å². The summed E-state index contributed by atoms with van der Waals surface area (Å²) < 4.78 is 5.58. The van der Waals surface area contributed by atoms with Crippen molar-refractivity contribution in [2.45, 2.75) is 51.0 Å². The van der Waals surface area contributed by atoms with E-state index in [-0.39, 0.29) is 18.4 Å². The molecule has 4 nitrogen and oxygen atoms in total. The van der Waals surface area contributed by atoms with Crippen LogP contribution in [0.25, 0.3) is 0 Å². The van der Waals surface area contributed by atoms with Gasteiger partial charge >= 0.3 is 6.09 Å². The van der Waals surface area contributed by atoms with Crippen molar-refractivity contribution in [2.24, 2.45) is 0 Å². The fraction of sp³-hybridized carbons (Fsp3) is 0.889. The maximum Gasteiger partial charge on any atom is 0.409 e. The Kier molecular flexibility index (Phi) is 2.15. The van der Waals surface area contributed by atoms with Crippen LogP contribution in [-0.2, 0) is 4.74 Å². The lowest BCUT2D eigenvalue weighted by Crippen LogP contribution is -2.42. The molecular formula is C9H15NO3. The zero-order valence-corrected chi connectivity index (χ0v) is 7.77. The van der Waals surface area contributed by atoms with Gasteiger partial charge in [0.2, 0.25) is 0 Å². The predicted octanol–water partition coefficient (Wildman–Crippen LogP) is 1.65. The highest BCUT2D eigenvalue weighted by atomic mass is 16.5. The number of carbonyl (C=O) groups is 1. The van der Waals surface area contributed by atoms with Gasteiger partial charge in [-0.3, -0.25) is 4.90 Å². The number of hydrogen-bond acceptors (Lipinski definition) is 2. The second kappa shape index (κ2) is 3.18. The Labute approximate surface area is 77.5 Å². The second-order valence-electron chi connectivity index (χ2n) is 3.82. The Morgan fingerprint density at radius 2 is 2.15 bits per heavy atom. The highest BCUT2D eigenvalue weighted by molar-refractivity contribution is 5.66. The molecule has 74 valence electrons. The molecule has 1 amide bonds. The van der Waals surface area contributed by atoms with E-state index in [1.54, 1.807) is 0 Å². The lowest BCUT2D eigenvalue weighted by atomic mass is 9.92. The van der Waals surface area contributed by atoms with Crippen molar-refractivity contribution in [3.05, 3.63) is 0 Å². The van der Waals surface area contributed by atoms with Gasteiger partial charge in [0.1, 0.15) is 6.23 Å². The molecule has 2 rings (SSSR count). The van der Waals surface area contributed by atoms with E-state index in [1.807, 2.05) is 6.92 Å². The Hall–Kier alpha value is -0.770. The Balaban J connectivity index is 2.13. The molecule has 1 heterocycles. The van der Waals surface area contributed by atoms with Crippen LogP contribution >= 0.6 is 0 Å². The average molecular weight is 185 g/mol. The highest BCUT2D eigenvalue weighted by Crippen LogP contribution is 2.33. The van der Waals surface area contributed by atoms with E-state index in [1.165, 1.54) is 11.3 Å². The summed E-state index contributed by atoms with van der Waals surface area (Å²) in [7, 11) is 0. The smallest absolute Gasteiger partial charge is 0.409 e. The van der Waals surface area contributed by atoms with Gasteiger partial charge in [-0.2, -0.15) is 0 Å². The third-order valence-corrected chi connectivity index (χ3v) is 3.01. The Morgan fingerprint density at radius 1 is 1.46 bits per heavy atom. The lowest BCUT2D eigenvalue weighted by Gasteiger charge is -2.28. The van der Waals surface area contributed by atoms with Crippen LogP contribution in [0.2, 0.25) is 0 Å². The van der Waals surface area contributed by atoms with E-state index in [4.69, 9.17) is 9.84 Å². The summed E-state index contributed by atoms with van der Waals surface area (Å²) in [6.45, 7) is 1.81. The van der Waals surface area contributed by atoms with Crippen LogP contribution < -0.4 is 0 Å². The first-order chi connectivity index (χ1) is 6.20. The molecule has 4 heteroatoms. The first-order valence-electron chi connectivity index (χ1n) is 4.87. The summed E-state index contributed by atoms with van der Waals surface area (Å²) in [6, 6.07) is 0.112. The van der Waals surface area contributed by atoms with Crippen LogP contribution in [0.15, 0.2) is 0 Å². The SMILES string of the molecule is C[C@H]1O[C@H]2CCCC[C@@H]2N1C(=O)O. The van der Waals surface area contributed by atoms with Crippen molar-refractivity contribution in [2.75, 3.05) is 0 Å². The van der Waals surface area contributed by atoms with E-state index in [0.717, 1.165) is 19.3 Å². The van der Waals surface area contributed by atoms with Crippen LogP contribution in [0.4, 0.5) is 4.79 Å². The molecule has 2 aliphatic rings. The first kappa shape index (κ1) is 8.81. The molecule has 0 bridgehead atoms. The summed E-state index contributed by atoms with van der Waals surface area (Å²) in [6.07, 6.45) is 3.31. The van der Waals surface area contributed by atoms with Gasteiger partial charge in [-0.25, -0.2) is 4.79 Å². The van der Waals surface area contributed by atoms with Gasteiger partial charge in [-0.15, -0.1) is 0 Å². The summed E-state index contributed by atoms with van der Waals surface area (Å²) in [5.41, 5.74) is 0. The monoisotopic (exact) mass is 185 g/mol. The van der Waals surface area contributed by atoms with E-state index >= 15 is 0 Å². The molecule has 1 saturated heterocycles.